The van der Waals surface area contributed by atoms with Gasteiger partial charge in [-0.05, 0) is 54.2 Å². The number of rotatable bonds is 8. The van der Waals surface area contributed by atoms with Gasteiger partial charge >= 0.3 is 5.97 Å². The van der Waals surface area contributed by atoms with Crippen LogP contribution in [0, 0.1) is 0 Å². The number of aliphatic carboxylic acids is 1. The smallest absolute Gasteiger partial charge is 0.303 e. The number of nitrogens with one attached hydrogen (secondary N) is 1. The zero-order chi connectivity index (χ0) is 18.4. The van der Waals surface area contributed by atoms with Gasteiger partial charge in [-0.25, -0.2) is 8.42 Å². The largest absolute Gasteiger partial charge is 0.481 e. The van der Waals surface area contributed by atoms with Crippen molar-refractivity contribution < 1.29 is 18.3 Å². The molecular weight excluding hydrogens is 338 g/mol. The van der Waals surface area contributed by atoms with Gasteiger partial charge in [0.2, 0.25) is 0 Å². The Morgan fingerprint density at radius 1 is 1.08 bits per heavy atom. The Balaban J connectivity index is 2.09. The molecule has 0 aliphatic heterocycles. The average molecular weight is 361 g/mol. The molecule has 0 heterocycles. The quantitative estimate of drug-likeness (QED) is 0.744. The van der Waals surface area contributed by atoms with Gasteiger partial charge in [0, 0.05) is 12.1 Å². The molecule has 0 saturated heterocycles. The van der Waals surface area contributed by atoms with E-state index in [-0.39, 0.29) is 11.3 Å². The first-order valence-electron chi connectivity index (χ1n) is 8.25. The number of hydrogen-bond acceptors (Lipinski definition) is 3. The van der Waals surface area contributed by atoms with E-state index in [1.807, 2.05) is 12.1 Å². The number of aryl methyl sites for hydroxylation is 1. The van der Waals surface area contributed by atoms with Gasteiger partial charge in [0.1, 0.15) is 0 Å². The normalized spacial score (nSPS) is 12.6. The van der Waals surface area contributed by atoms with Crippen molar-refractivity contribution in [3.05, 3.63) is 59.7 Å². The van der Waals surface area contributed by atoms with E-state index >= 15 is 0 Å². The summed E-state index contributed by atoms with van der Waals surface area (Å²) in [5.74, 6) is -0.441. The SMILES string of the molecule is CCC(C)c1ccc(NS(=O)(=O)c2ccc(CCC(=O)O)cc2)cc1. The van der Waals surface area contributed by atoms with E-state index in [9.17, 15) is 13.2 Å². The molecule has 6 heteroatoms. The molecule has 0 bridgehead atoms. The van der Waals surface area contributed by atoms with Crippen LogP contribution in [0.25, 0.3) is 0 Å². The molecule has 2 aromatic rings. The molecule has 0 aromatic heterocycles. The van der Waals surface area contributed by atoms with Crippen LogP contribution in [0.3, 0.4) is 0 Å². The minimum Gasteiger partial charge on any atom is -0.481 e. The summed E-state index contributed by atoms with van der Waals surface area (Å²) in [6, 6.07) is 13.7. The fourth-order valence-corrected chi connectivity index (χ4v) is 3.47. The Hall–Kier alpha value is -2.34. The van der Waals surface area contributed by atoms with Gasteiger partial charge in [0.25, 0.3) is 10.0 Å². The van der Waals surface area contributed by atoms with Crippen molar-refractivity contribution in [2.75, 3.05) is 4.72 Å². The first-order chi connectivity index (χ1) is 11.8. The maximum atomic E-state index is 12.4. The Labute approximate surface area is 148 Å². The Morgan fingerprint density at radius 3 is 2.20 bits per heavy atom. The molecular formula is C19H23NO4S. The second-order valence-corrected chi connectivity index (χ2v) is 7.76. The molecule has 25 heavy (non-hydrogen) atoms. The van der Waals surface area contributed by atoms with E-state index < -0.39 is 16.0 Å². The van der Waals surface area contributed by atoms with Crippen LogP contribution in [-0.4, -0.2) is 19.5 Å². The highest BCUT2D eigenvalue weighted by molar-refractivity contribution is 7.92. The third-order valence-electron chi connectivity index (χ3n) is 4.21. The monoisotopic (exact) mass is 361 g/mol. The molecule has 2 N–H and O–H groups in total. The van der Waals surface area contributed by atoms with E-state index in [0.29, 0.717) is 18.0 Å². The summed E-state index contributed by atoms with van der Waals surface area (Å²) >= 11 is 0. The number of carboxylic acids is 1. The summed E-state index contributed by atoms with van der Waals surface area (Å²) in [5.41, 5.74) is 2.48. The topological polar surface area (TPSA) is 83.5 Å². The lowest BCUT2D eigenvalue weighted by Gasteiger charge is -2.12. The summed E-state index contributed by atoms with van der Waals surface area (Å²) in [7, 11) is -3.67. The van der Waals surface area contributed by atoms with Crippen LogP contribution in [0.4, 0.5) is 5.69 Å². The molecule has 0 aliphatic rings. The Bertz CT molecular complexity index is 812. The van der Waals surface area contributed by atoms with Crippen molar-refractivity contribution >= 4 is 21.7 Å². The molecule has 1 atom stereocenters. The van der Waals surface area contributed by atoms with Gasteiger partial charge in [-0.2, -0.15) is 0 Å². The molecule has 0 amide bonds. The summed E-state index contributed by atoms with van der Waals surface area (Å²) in [5, 5.41) is 8.69. The van der Waals surface area contributed by atoms with Crippen molar-refractivity contribution in [3.8, 4) is 0 Å². The number of sulfonamides is 1. The zero-order valence-electron chi connectivity index (χ0n) is 14.4. The van der Waals surface area contributed by atoms with Gasteiger partial charge < -0.3 is 5.11 Å². The maximum absolute atomic E-state index is 12.4. The van der Waals surface area contributed by atoms with E-state index in [1.54, 1.807) is 24.3 Å². The van der Waals surface area contributed by atoms with Crippen molar-refractivity contribution in [2.45, 2.75) is 43.9 Å². The lowest BCUT2D eigenvalue weighted by molar-refractivity contribution is -0.136. The third-order valence-corrected chi connectivity index (χ3v) is 5.60. The maximum Gasteiger partial charge on any atom is 0.303 e. The van der Waals surface area contributed by atoms with Gasteiger partial charge in [-0.3, -0.25) is 9.52 Å². The lowest BCUT2D eigenvalue weighted by atomic mass is 9.99. The molecule has 2 aromatic carbocycles. The summed E-state index contributed by atoms with van der Waals surface area (Å²) in [6.45, 7) is 4.24. The molecule has 0 spiro atoms. The van der Waals surface area contributed by atoms with E-state index in [2.05, 4.69) is 18.6 Å². The molecule has 0 saturated carbocycles. The van der Waals surface area contributed by atoms with Crippen LogP contribution in [0.15, 0.2) is 53.4 Å². The summed E-state index contributed by atoms with van der Waals surface area (Å²) in [4.78, 5) is 10.7. The standard InChI is InChI=1S/C19H23NO4S/c1-3-14(2)16-7-9-17(10-8-16)20-25(23,24)18-11-4-15(5-12-18)6-13-19(21)22/h4-5,7-12,14,20H,3,6,13H2,1-2H3,(H,21,22). The van der Waals surface area contributed by atoms with E-state index in [0.717, 1.165) is 12.0 Å². The fourth-order valence-electron chi connectivity index (χ4n) is 2.42. The second kappa shape index (κ2) is 8.16. The van der Waals surface area contributed by atoms with Crippen LogP contribution in [0.2, 0.25) is 0 Å². The number of anilines is 1. The van der Waals surface area contributed by atoms with Crippen LogP contribution < -0.4 is 4.72 Å². The minimum absolute atomic E-state index is 0.0207. The molecule has 0 radical (unpaired) electrons. The van der Waals surface area contributed by atoms with Crippen molar-refractivity contribution in [1.29, 1.82) is 0 Å². The lowest BCUT2D eigenvalue weighted by Crippen LogP contribution is -2.13. The van der Waals surface area contributed by atoms with E-state index in [4.69, 9.17) is 5.11 Å². The van der Waals surface area contributed by atoms with Crippen LogP contribution in [0.1, 0.15) is 43.7 Å². The first-order valence-corrected chi connectivity index (χ1v) is 9.73. The number of carbonyl (C=O) groups is 1. The molecule has 0 aliphatic carbocycles. The Morgan fingerprint density at radius 2 is 1.68 bits per heavy atom. The van der Waals surface area contributed by atoms with Crippen molar-refractivity contribution in [2.24, 2.45) is 0 Å². The molecule has 5 nitrogen and oxygen atoms in total. The summed E-state index contributed by atoms with van der Waals surface area (Å²) in [6.07, 6.45) is 1.42. The number of benzene rings is 2. The zero-order valence-corrected chi connectivity index (χ0v) is 15.2. The van der Waals surface area contributed by atoms with Crippen molar-refractivity contribution in [1.82, 2.24) is 0 Å². The Kier molecular flexibility index (Phi) is 6.20. The fraction of sp³-hybridized carbons (Fsp3) is 0.316. The van der Waals surface area contributed by atoms with Crippen LogP contribution >= 0.6 is 0 Å². The highest BCUT2D eigenvalue weighted by Crippen LogP contribution is 2.22. The second-order valence-electron chi connectivity index (χ2n) is 6.07. The van der Waals surface area contributed by atoms with Crippen molar-refractivity contribution in [3.63, 3.8) is 0 Å². The molecule has 2 rings (SSSR count). The van der Waals surface area contributed by atoms with Gasteiger partial charge in [0.15, 0.2) is 0 Å². The predicted octanol–water partition coefficient (Wildman–Crippen LogP) is 4.02. The van der Waals surface area contributed by atoms with Gasteiger partial charge in [-0.1, -0.05) is 38.1 Å². The van der Waals surface area contributed by atoms with Crippen LogP contribution in [0.5, 0.6) is 0 Å². The number of hydrogen-bond donors (Lipinski definition) is 2. The highest BCUT2D eigenvalue weighted by Gasteiger charge is 2.14. The summed E-state index contributed by atoms with van der Waals surface area (Å²) < 4.78 is 27.5. The number of carboxylic acid groups (broad SMARTS) is 1. The van der Waals surface area contributed by atoms with Gasteiger partial charge in [-0.15, -0.1) is 0 Å². The predicted molar refractivity (Wildman–Crippen MR) is 98.4 cm³/mol. The molecule has 134 valence electrons. The average Bonchev–Trinajstić information content (AvgIpc) is 2.60. The van der Waals surface area contributed by atoms with Crippen LogP contribution in [-0.2, 0) is 21.2 Å². The first kappa shape index (κ1) is 19.0. The van der Waals surface area contributed by atoms with E-state index in [1.165, 1.54) is 17.7 Å². The minimum atomic E-state index is -3.67. The molecule has 0 fully saturated rings. The third kappa shape index (κ3) is 5.32. The van der Waals surface area contributed by atoms with Gasteiger partial charge in [0.05, 0.1) is 4.90 Å². The highest BCUT2D eigenvalue weighted by atomic mass is 32.2. The molecule has 1 unspecified atom stereocenters.